The van der Waals surface area contributed by atoms with Crippen LogP contribution in [0.25, 0.3) is 0 Å². The summed E-state index contributed by atoms with van der Waals surface area (Å²) in [6.45, 7) is 6.72. The molecule has 0 N–H and O–H groups in total. The van der Waals surface area contributed by atoms with Crippen LogP contribution in [0, 0.1) is 0 Å². The normalized spacial score (nSPS) is 12.0. The molecule has 0 fully saturated rings. The van der Waals surface area contributed by atoms with Crippen molar-refractivity contribution in [2.45, 2.75) is 83.4 Å². The van der Waals surface area contributed by atoms with Crippen LogP contribution in [0.4, 0.5) is 0 Å². The van der Waals surface area contributed by atoms with E-state index in [2.05, 4.69) is 20.8 Å². The lowest BCUT2D eigenvalue weighted by Crippen LogP contribution is -2.20. The van der Waals surface area contributed by atoms with Gasteiger partial charge in [-0.2, -0.15) is 0 Å². The summed E-state index contributed by atoms with van der Waals surface area (Å²) in [7, 11) is 0. The van der Waals surface area contributed by atoms with E-state index in [1.54, 1.807) is 0 Å². The maximum Gasteiger partial charge on any atom is 0.0444 e. The van der Waals surface area contributed by atoms with E-state index >= 15 is 0 Å². The molecule has 0 aromatic heterocycles. The Morgan fingerprint density at radius 2 is 1.21 bits per heavy atom. The SMILES string of the molecule is CCCCCC(Cl)(CC)CCCCC. The van der Waals surface area contributed by atoms with E-state index in [-0.39, 0.29) is 4.87 Å². The maximum absolute atomic E-state index is 6.60. The first-order valence-electron chi connectivity index (χ1n) is 6.37. The van der Waals surface area contributed by atoms with Gasteiger partial charge in [-0.1, -0.05) is 59.3 Å². The summed E-state index contributed by atoms with van der Waals surface area (Å²) in [6.07, 6.45) is 11.4. The number of hydrogen-bond acceptors (Lipinski definition) is 0. The van der Waals surface area contributed by atoms with Gasteiger partial charge in [-0.3, -0.25) is 0 Å². The number of hydrogen-bond donors (Lipinski definition) is 0. The molecule has 0 nitrogen and oxygen atoms in total. The third-order valence-corrected chi connectivity index (χ3v) is 3.74. The Hall–Kier alpha value is 0.290. The van der Waals surface area contributed by atoms with Crippen molar-refractivity contribution in [2.75, 3.05) is 0 Å². The molecule has 0 rings (SSSR count). The fourth-order valence-corrected chi connectivity index (χ4v) is 2.13. The summed E-state index contributed by atoms with van der Waals surface area (Å²) in [5, 5.41) is 0. The molecule has 0 saturated heterocycles. The van der Waals surface area contributed by atoms with E-state index in [0.29, 0.717) is 0 Å². The van der Waals surface area contributed by atoms with Gasteiger partial charge in [0.15, 0.2) is 0 Å². The highest BCUT2D eigenvalue weighted by atomic mass is 35.5. The van der Waals surface area contributed by atoms with Gasteiger partial charge in [-0.25, -0.2) is 0 Å². The lowest BCUT2D eigenvalue weighted by Gasteiger charge is -2.25. The number of halogens is 1. The molecule has 0 atom stereocenters. The summed E-state index contributed by atoms with van der Waals surface area (Å²) < 4.78 is 0. The molecule has 14 heavy (non-hydrogen) atoms. The molecule has 0 aromatic rings. The van der Waals surface area contributed by atoms with Gasteiger partial charge in [0.25, 0.3) is 0 Å². The van der Waals surface area contributed by atoms with Crippen molar-refractivity contribution in [3.63, 3.8) is 0 Å². The second-order valence-corrected chi connectivity index (χ2v) is 5.22. The van der Waals surface area contributed by atoms with E-state index in [0.717, 1.165) is 6.42 Å². The van der Waals surface area contributed by atoms with Crippen molar-refractivity contribution < 1.29 is 0 Å². The van der Waals surface area contributed by atoms with Gasteiger partial charge in [-0.15, -0.1) is 11.6 Å². The average molecular weight is 219 g/mol. The van der Waals surface area contributed by atoms with Gasteiger partial charge in [0, 0.05) is 4.87 Å². The van der Waals surface area contributed by atoms with Crippen LogP contribution in [0.1, 0.15) is 78.6 Å². The van der Waals surface area contributed by atoms with Crippen molar-refractivity contribution in [3.8, 4) is 0 Å². The topological polar surface area (TPSA) is 0 Å². The summed E-state index contributed by atoms with van der Waals surface area (Å²) in [4.78, 5) is 0.115. The highest BCUT2D eigenvalue weighted by molar-refractivity contribution is 6.23. The Morgan fingerprint density at radius 1 is 0.786 bits per heavy atom. The van der Waals surface area contributed by atoms with Crippen molar-refractivity contribution >= 4 is 11.6 Å². The van der Waals surface area contributed by atoms with Crippen LogP contribution >= 0.6 is 11.6 Å². The first-order chi connectivity index (χ1) is 6.68. The van der Waals surface area contributed by atoms with Gasteiger partial charge < -0.3 is 0 Å². The smallest absolute Gasteiger partial charge is 0.0444 e. The Labute approximate surface area is 95.4 Å². The van der Waals surface area contributed by atoms with Crippen molar-refractivity contribution in [1.82, 2.24) is 0 Å². The van der Waals surface area contributed by atoms with Gasteiger partial charge in [0.1, 0.15) is 0 Å². The third-order valence-electron chi connectivity index (χ3n) is 3.09. The van der Waals surface area contributed by atoms with Gasteiger partial charge in [-0.05, 0) is 19.3 Å². The molecule has 0 heterocycles. The van der Waals surface area contributed by atoms with E-state index in [1.165, 1.54) is 51.4 Å². The average Bonchev–Trinajstić information content (AvgIpc) is 2.19. The summed E-state index contributed by atoms with van der Waals surface area (Å²) in [5.41, 5.74) is 0. The van der Waals surface area contributed by atoms with Crippen molar-refractivity contribution in [3.05, 3.63) is 0 Å². The van der Waals surface area contributed by atoms with Crippen LogP contribution in [0.5, 0.6) is 0 Å². The van der Waals surface area contributed by atoms with Crippen molar-refractivity contribution in [2.24, 2.45) is 0 Å². The van der Waals surface area contributed by atoms with Crippen LogP contribution in [0.15, 0.2) is 0 Å². The van der Waals surface area contributed by atoms with E-state index in [9.17, 15) is 0 Å². The molecule has 86 valence electrons. The molecule has 0 radical (unpaired) electrons. The molecule has 0 aliphatic carbocycles. The lowest BCUT2D eigenvalue weighted by molar-refractivity contribution is 0.433. The maximum atomic E-state index is 6.60. The predicted octanol–water partition coefficient (Wildman–Crippen LogP) is 5.53. The fourth-order valence-electron chi connectivity index (χ4n) is 1.86. The molecular formula is C13H27Cl. The van der Waals surface area contributed by atoms with Crippen molar-refractivity contribution in [1.29, 1.82) is 0 Å². The predicted molar refractivity (Wildman–Crippen MR) is 67.2 cm³/mol. The molecule has 0 saturated carbocycles. The minimum atomic E-state index is 0.115. The molecule has 0 amide bonds. The van der Waals surface area contributed by atoms with E-state index in [4.69, 9.17) is 11.6 Å². The van der Waals surface area contributed by atoms with Crippen LogP contribution in [-0.2, 0) is 0 Å². The highest BCUT2D eigenvalue weighted by Gasteiger charge is 2.23. The summed E-state index contributed by atoms with van der Waals surface area (Å²) in [6, 6.07) is 0. The minimum absolute atomic E-state index is 0.115. The zero-order chi connectivity index (χ0) is 10.9. The first kappa shape index (κ1) is 14.3. The second-order valence-electron chi connectivity index (χ2n) is 4.42. The van der Waals surface area contributed by atoms with Crippen LogP contribution in [0.3, 0.4) is 0 Å². The minimum Gasteiger partial charge on any atom is -0.119 e. The molecule has 0 aliphatic heterocycles. The quantitative estimate of drug-likeness (QED) is 0.352. The van der Waals surface area contributed by atoms with E-state index < -0.39 is 0 Å². The molecule has 0 bridgehead atoms. The third kappa shape index (κ3) is 6.70. The Balaban J connectivity index is 3.67. The summed E-state index contributed by atoms with van der Waals surface area (Å²) in [5.74, 6) is 0. The summed E-state index contributed by atoms with van der Waals surface area (Å²) >= 11 is 6.60. The largest absolute Gasteiger partial charge is 0.119 e. The first-order valence-corrected chi connectivity index (χ1v) is 6.75. The van der Waals surface area contributed by atoms with Gasteiger partial charge >= 0.3 is 0 Å². The molecule has 0 aliphatic rings. The Bertz CT molecular complexity index is 110. The molecular weight excluding hydrogens is 192 g/mol. The highest BCUT2D eigenvalue weighted by Crippen LogP contribution is 2.32. The lowest BCUT2D eigenvalue weighted by atomic mass is 9.92. The number of rotatable bonds is 9. The zero-order valence-electron chi connectivity index (χ0n) is 10.2. The van der Waals surface area contributed by atoms with Gasteiger partial charge in [0.05, 0.1) is 0 Å². The monoisotopic (exact) mass is 218 g/mol. The Morgan fingerprint density at radius 3 is 1.50 bits per heavy atom. The molecule has 0 unspecified atom stereocenters. The van der Waals surface area contributed by atoms with Crippen LogP contribution < -0.4 is 0 Å². The molecule has 0 spiro atoms. The van der Waals surface area contributed by atoms with E-state index in [1.807, 2.05) is 0 Å². The van der Waals surface area contributed by atoms with Crippen LogP contribution in [-0.4, -0.2) is 4.87 Å². The number of unbranched alkanes of at least 4 members (excludes halogenated alkanes) is 4. The fraction of sp³-hybridized carbons (Fsp3) is 1.00. The number of alkyl halides is 1. The Kier molecular flexibility index (Phi) is 8.76. The standard InChI is InChI=1S/C13H27Cl/c1-4-7-9-11-13(14,6-3)12-10-8-5-2/h4-12H2,1-3H3. The second kappa shape index (κ2) is 8.59. The zero-order valence-corrected chi connectivity index (χ0v) is 11.0. The molecule has 0 aromatic carbocycles. The van der Waals surface area contributed by atoms with Crippen LogP contribution in [0.2, 0.25) is 0 Å². The van der Waals surface area contributed by atoms with Gasteiger partial charge in [0.2, 0.25) is 0 Å². The molecule has 1 heteroatoms.